The highest BCUT2D eigenvalue weighted by Crippen LogP contribution is 2.39. The van der Waals surface area contributed by atoms with Crippen molar-refractivity contribution in [1.82, 2.24) is 5.32 Å². The third-order valence-corrected chi connectivity index (χ3v) is 4.24. The van der Waals surface area contributed by atoms with Crippen LogP contribution in [0.15, 0.2) is 28.7 Å². The van der Waals surface area contributed by atoms with Crippen LogP contribution in [-0.4, -0.2) is 18.0 Å². The summed E-state index contributed by atoms with van der Waals surface area (Å²) < 4.78 is 5.56. The van der Waals surface area contributed by atoms with Crippen molar-refractivity contribution >= 4 is 40.9 Å². The van der Waals surface area contributed by atoms with E-state index < -0.39 is 0 Å². The summed E-state index contributed by atoms with van der Waals surface area (Å²) in [6.45, 7) is 2.41. The lowest BCUT2D eigenvalue weighted by Gasteiger charge is -2.28. The summed E-state index contributed by atoms with van der Waals surface area (Å²) in [7, 11) is 0. The molecule has 0 spiro atoms. The topological polar surface area (TPSA) is 68.3 Å². The molecule has 1 saturated carbocycles. The Morgan fingerprint density at radius 3 is 2.81 bits per heavy atom. The first-order valence-corrected chi connectivity index (χ1v) is 7.11. The molecule has 1 aliphatic carbocycles. The number of furan rings is 1. The second kappa shape index (κ2) is 5.87. The normalized spacial score (nSPS) is 17.1. The average molecular weight is 329 g/mol. The molecule has 2 aromatic rings. The van der Waals surface area contributed by atoms with Gasteiger partial charge < -0.3 is 15.5 Å². The summed E-state index contributed by atoms with van der Waals surface area (Å²) in [5.41, 5.74) is 6.11. The predicted molar refractivity (Wildman–Crippen MR) is 86.1 cm³/mol. The van der Waals surface area contributed by atoms with Crippen LogP contribution in [0.3, 0.4) is 0 Å². The van der Waals surface area contributed by atoms with Gasteiger partial charge in [-0.25, -0.2) is 0 Å². The molecule has 4 nitrogen and oxygen atoms in total. The molecule has 1 fully saturated rings. The maximum absolute atomic E-state index is 12.3. The van der Waals surface area contributed by atoms with Gasteiger partial charge in [-0.2, -0.15) is 0 Å². The number of halogens is 2. The zero-order chi connectivity index (χ0) is 14.3. The van der Waals surface area contributed by atoms with Crippen molar-refractivity contribution in [3.8, 4) is 0 Å². The largest absolute Gasteiger partial charge is 0.451 e. The fourth-order valence-corrected chi connectivity index (χ4v) is 2.67. The molecule has 1 heterocycles. The molecular formula is C15H18Cl2N2O2. The van der Waals surface area contributed by atoms with E-state index >= 15 is 0 Å². The van der Waals surface area contributed by atoms with Crippen LogP contribution in [-0.2, 0) is 0 Å². The molecule has 1 atom stereocenters. The van der Waals surface area contributed by atoms with Crippen molar-refractivity contribution in [1.29, 1.82) is 0 Å². The van der Waals surface area contributed by atoms with Crippen LogP contribution in [0.4, 0.5) is 0 Å². The molecule has 0 saturated heterocycles. The van der Waals surface area contributed by atoms with Crippen molar-refractivity contribution in [3.63, 3.8) is 0 Å². The minimum atomic E-state index is -0.353. The number of amides is 1. The SMILES string of the molecule is CC(CN)(NC(=O)c1cc2cc(Cl)ccc2o1)C1CC1.Cl. The van der Waals surface area contributed by atoms with Gasteiger partial charge in [-0.05, 0) is 49.9 Å². The summed E-state index contributed by atoms with van der Waals surface area (Å²) in [6.07, 6.45) is 2.23. The van der Waals surface area contributed by atoms with Gasteiger partial charge in [0.05, 0.1) is 5.54 Å². The Morgan fingerprint density at radius 2 is 2.19 bits per heavy atom. The minimum Gasteiger partial charge on any atom is -0.451 e. The highest BCUT2D eigenvalue weighted by atomic mass is 35.5. The smallest absolute Gasteiger partial charge is 0.287 e. The minimum absolute atomic E-state index is 0. The predicted octanol–water partition coefficient (Wildman–Crippen LogP) is 3.37. The number of fused-ring (bicyclic) bond motifs is 1. The van der Waals surface area contributed by atoms with Gasteiger partial charge in [0.1, 0.15) is 5.58 Å². The maximum atomic E-state index is 12.3. The molecule has 6 heteroatoms. The van der Waals surface area contributed by atoms with E-state index in [4.69, 9.17) is 21.8 Å². The fraction of sp³-hybridized carbons (Fsp3) is 0.400. The number of carbonyl (C=O) groups excluding carboxylic acids is 1. The second-order valence-electron chi connectivity index (χ2n) is 5.64. The number of hydrogen-bond acceptors (Lipinski definition) is 3. The molecule has 1 aliphatic rings. The summed E-state index contributed by atoms with van der Waals surface area (Å²) in [5, 5.41) is 4.45. The van der Waals surface area contributed by atoms with Crippen LogP contribution >= 0.6 is 24.0 Å². The third-order valence-electron chi connectivity index (χ3n) is 4.00. The first kappa shape index (κ1) is 16.1. The molecule has 0 radical (unpaired) electrons. The van der Waals surface area contributed by atoms with Gasteiger partial charge in [-0.15, -0.1) is 12.4 Å². The number of carbonyl (C=O) groups is 1. The first-order valence-electron chi connectivity index (χ1n) is 6.73. The second-order valence-corrected chi connectivity index (χ2v) is 6.08. The Labute approximate surface area is 134 Å². The maximum Gasteiger partial charge on any atom is 0.287 e. The Kier molecular flexibility index (Phi) is 4.51. The van der Waals surface area contributed by atoms with E-state index in [1.54, 1.807) is 24.3 Å². The monoisotopic (exact) mass is 328 g/mol. The summed E-state index contributed by atoms with van der Waals surface area (Å²) in [6, 6.07) is 6.99. The van der Waals surface area contributed by atoms with Gasteiger partial charge in [-0.1, -0.05) is 11.6 Å². The van der Waals surface area contributed by atoms with Gasteiger partial charge in [0.2, 0.25) is 0 Å². The molecule has 3 N–H and O–H groups in total. The quantitative estimate of drug-likeness (QED) is 0.904. The number of nitrogens with one attached hydrogen (secondary N) is 1. The number of hydrogen-bond donors (Lipinski definition) is 2. The Morgan fingerprint density at radius 1 is 1.48 bits per heavy atom. The third kappa shape index (κ3) is 3.18. The lowest BCUT2D eigenvalue weighted by molar-refractivity contribution is 0.0871. The zero-order valence-electron chi connectivity index (χ0n) is 11.7. The van der Waals surface area contributed by atoms with Gasteiger partial charge in [0, 0.05) is 17.0 Å². The van der Waals surface area contributed by atoms with Crippen molar-refractivity contribution in [2.75, 3.05) is 6.54 Å². The molecule has 21 heavy (non-hydrogen) atoms. The van der Waals surface area contributed by atoms with E-state index in [0.29, 0.717) is 28.8 Å². The summed E-state index contributed by atoms with van der Waals surface area (Å²) >= 11 is 5.93. The number of nitrogens with two attached hydrogens (primary N) is 1. The molecule has 114 valence electrons. The van der Waals surface area contributed by atoms with Gasteiger partial charge in [0.15, 0.2) is 5.76 Å². The van der Waals surface area contributed by atoms with E-state index in [1.807, 2.05) is 6.92 Å². The lowest BCUT2D eigenvalue weighted by atomic mass is 9.96. The zero-order valence-corrected chi connectivity index (χ0v) is 13.3. The van der Waals surface area contributed by atoms with Crippen LogP contribution in [0.2, 0.25) is 5.02 Å². The fourth-order valence-electron chi connectivity index (χ4n) is 2.49. The van der Waals surface area contributed by atoms with Gasteiger partial charge >= 0.3 is 0 Å². The van der Waals surface area contributed by atoms with Crippen LogP contribution < -0.4 is 11.1 Å². The highest BCUT2D eigenvalue weighted by molar-refractivity contribution is 6.31. The van der Waals surface area contributed by atoms with Crippen LogP contribution in [0.5, 0.6) is 0 Å². The van der Waals surface area contributed by atoms with Crippen molar-refractivity contribution < 1.29 is 9.21 Å². The molecule has 0 aliphatic heterocycles. The average Bonchev–Trinajstić information content (AvgIpc) is 3.19. The van der Waals surface area contributed by atoms with E-state index in [0.717, 1.165) is 18.2 Å². The summed E-state index contributed by atoms with van der Waals surface area (Å²) in [4.78, 5) is 12.3. The van der Waals surface area contributed by atoms with Crippen molar-refractivity contribution in [2.24, 2.45) is 11.7 Å². The van der Waals surface area contributed by atoms with E-state index in [9.17, 15) is 4.79 Å². The van der Waals surface area contributed by atoms with Crippen LogP contribution in [0.25, 0.3) is 11.0 Å². The van der Waals surface area contributed by atoms with Crippen LogP contribution in [0.1, 0.15) is 30.3 Å². The number of benzene rings is 1. The molecule has 1 aromatic heterocycles. The molecule has 0 bridgehead atoms. The van der Waals surface area contributed by atoms with Crippen molar-refractivity contribution in [3.05, 3.63) is 35.0 Å². The molecule has 1 unspecified atom stereocenters. The molecular weight excluding hydrogens is 311 g/mol. The standard InChI is InChI=1S/C15H17ClN2O2.ClH/c1-15(8-17,10-2-3-10)18-14(19)13-7-9-6-11(16)4-5-12(9)20-13;/h4-7,10H,2-3,8,17H2,1H3,(H,18,19);1H. The van der Waals surface area contributed by atoms with E-state index in [1.165, 1.54) is 0 Å². The summed E-state index contributed by atoms with van der Waals surface area (Å²) in [5.74, 6) is 0.537. The Balaban J connectivity index is 0.00000161. The van der Waals surface area contributed by atoms with Crippen molar-refractivity contribution in [2.45, 2.75) is 25.3 Å². The molecule has 1 amide bonds. The van der Waals surface area contributed by atoms with Gasteiger partial charge in [0.25, 0.3) is 5.91 Å². The molecule has 3 rings (SSSR count). The Bertz CT molecular complexity index is 667. The number of rotatable bonds is 4. The molecule has 1 aromatic carbocycles. The van der Waals surface area contributed by atoms with Crippen LogP contribution in [0, 0.1) is 5.92 Å². The first-order chi connectivity index (χ1) is 9.51. The van der Waals surface area contributed by atoms with Gasteiger partial charge in [-0.3, -0.25) is 4.79 Å². The lowest BCUT2D eigenvalue weighted by Crippen LogP contribution is -2.53. The van der Waals surface area contributed by atoms with E-state index in [2.05, 4.69) is 5.32 Å². The van der Waals surface area contributed by atoms with E-state index in [-0.39, 0.29) is 23.9 Å². The Hall–Kier alpha value is -1.23. The highest BCUT2D eigenvalue weighted by Gasteiger charge is 2.42.